The van der Waals surface area contributed by atoms with Crippen molar-refractivity contribution in [1.82, 2.24) is 0 Å². The predicted molar refractivity (Wildman–Crippen MR) is 44.6 cm³/mol. The zero-order valence-corrected chi connectivity index (χ0v) is 7.11. The van der Waals surface area contributed by atoms with Gasteiger partial charge in [-0.1, -0.05) is 0 Å². The average molecular weight is 166 g/mol. The fourth-order valence-electron chi connectivity index (χ4n) is 3.13. The SMILES string of the molecule is O=CCC1C2CCC(C2)C1C=O. The largest absolute Gasteiger partial charge is 0.303 e. The molecule has 2 saturated carbocycles. The molecule has 0 N–H and O–H groups in total. The third-order valence-corrected chi connectivity index (χ3v) is 3.68. The van der Waals surface area contributed by atoms with Crippen molar-refractivity contribution in [3.05, 3.63) is 0 Å². The molecule has 2 rings (SSSR count). The van der Waals surface area contributed by atoms with Crippen molar-refractivity contribution in [2.24, 2.45) is 23.7 Å². The second kappa shape index (κ2) is 3.00. The lowest BCUT2D eigenvalue weighted by molar-refractivity contribution is -0.115. The minimum Gasteiger partial charge on any atom is -0.303 e. The number of rotatable bonds is 3. The van der Waals surface area contributed by atoms with Crippen LogP contribution in [0.25, 0.3) is 0 Å². The van der Waals surface area contributed by atoms with E-state index < -0.39 is 0 Å². The Bertz CT molecular complexity index is 200. The molecule has 4 atom stereocenters. The van der Waals surface area contributed by atoms with Crippen LogP contribution in [-0.4, -0.2) is 12.6 Å². The van der Waals surface area contributed by atoms with E-state index in [-0.39, 0.29) is 5.92 Å². The van der Waals surface area contributed by atoms with E-state index in [4.69, 9.17) is 0 Å². The summed E-state index contributed by atoms with van der Waals surface area (Å²) in [5, 5.41) is 0. The van der Waals surface area contributed by atoms with Crippen molar-refractivity contribution in [2.45, 2.75) is 25.7 Å². The summed E-state index contributed by atoms with van der Waals surface area (Å²) in [5.74, 6) is 1.88. The molecule has 12 heavy (non-hydrogen) atoms. The first-order valence-corrected chi connectivity index (χ1v) is 4.75. The summed E-state index contributed by atoms with van der Waals surface area (Å²) >= 11 is 0. The zero-order valence-electron chi connectivity index (χ0n) is 7.11. The fourth-order valence-corrected chi connectivity index (χ4v) is 3.13. The molecule has 0 aromatic rings. The predicted octanol–water partition coefficient (Wildman–Crippen LogP) is 1.44. The molecule has 0 radical (unpaired) electrons. The Morgan fingerprint density at radius 2 is 1.92 bits per heavy atom. The number of fused-ring (bicyclic) bond motifs is 2. The van der Waals surface area contributed by atoms with E-state index in [1.165, 1.54) is 19.3 Å². The third kappa shape index (κ3) is 1.01. The minimum atomic E-state index is 0.203. The van der Waals surface area contributed by atoms with Gasteiger partial charge in [-0.15, -0.1) is 0 Å². The van der Waals surface area contributed by atoms with Gasteiger partial charge < -0.3 is 9.59 Å². The van der Waals surface area contributed by atoms with Crippen LogP contribution in [0.1, 0.15) is 25.7 Å². The van der Waals surface area contributed by atoms with Crippen LogP contribution < -0.4 is 0 Å². The van der Waals surface area contributed by atoms with Crippen LogP contribution in [0.4, 0.5) is 0 Å². The van der Waals surface area contributed by atoms with Gasteiger partial charge in [0.15, 0.2) is 0 Å². The highest BCUT2D eigenvalue weighted by Crippen LogP contribution is 2.52. The van der Waals surface area contributed by atoms with Crippen LogP contribution in [0, 0.1) is 23.7 Å². The summed E-state index contributed by atoms with van der Waals surface area (Å²) < 4.78 is 0. The van der Waals surface area contributed by atoms with Gasteiger partial charge in [0.2, 0.25) is 0 Å². The highest BCUT2D eigenvalue weighted by Gasteiger charge is 2.46. The lowest BCUT2D eigenvalue weighted by atomic mass is 9.79. The summed E-state index contributed by atoms with van der Waals surface area (Å²) in [7, 11) is 0. The Kier molecular flexibility index (Phi) is 1.99. The number of carbonyl (C=O) groups excluding carboxylic acids is 2. The molecule has 0 aromatic heterocycles. The van der Waals surface area contributed by atoms with E-state index in [1.54, 1.807) is 0 Å². The van der Waals surface area contributed by atoms with E-state index in [2.05, 4.69) is 0 Å². The molecule has 2 heteroatoms. The topological polar surface area (TPSA) is 34.1 Å². The molecule has 2 bridgehead atoms. The van der Waals surface area contributed by atoms with Crippen LogP contribution in [0.2, 0.25) is 0 Å². The van der Waals surface area contributed by atoms with Crippen molar-refractivity contribution in [3.8, 4) is 0 Å². The molecule has 2 aliphatic carbocycles. The smallest absolute Gasteiger partial charge is 0.123 e. The maximum absolute atomic E-state index is 10.8. The number of aldehydes is 2. The molecular formula is C10H14O2. The molecule has 2 nitrogen and oxygen atoms in total. The highest BCUT2D eigenvalue weighted by atomic mass is 16.1. The monoisotopic (exact) mass is 166 g/mol. The van der Waals surface area contributed by atoms with Crippen molar-refractivity contribution in [1.29, 1.82) is 0 Å². The maximum atomic E-state index is 10.8. The van der Waals surface area contributed by atoms with Crippen LogP contribution >= 0.6 is 0 Å². The van der Waals surface area contributed by atoms with Crippen molar-refractivity contribution in [2.75, 3.05) is 0 Å². The first kappa shape index (κ1) is 7.96. The Balaban J connectivity index is 2.10. The standard InChI is InChI=1S/C10H14O2/c11-4-3-9-7-1-2-8(5-7)10(9)6-12/h4,6-10H,1-3,5H2. The van der Waals surface area contributed by atoms with Gasteiger partial charge >= 0.3 is 0 Å². The number of hydrogen-bond donors (Lipinski definition) is 0. The summed E-state index contributed by atoms with van der Waals surface area (Å²) in [6, 6.07) is 0. The van der Waals surface area contributed by atoms with Gasteiger partial charge in [-0.25, -0.2) is 0 Å². The second-order valence-corrected chi connectivity index (χ2v) is 4.11. The van der Waals surface area contributed by atoms with Crippen LogP contribution in [-0.2, 0) is 9.59 Å². The van der Waals surface area contributed by atoms with Crippen molar-refractivity contribution < 1.29 is 9.59 Å². The third-order valence-electron chi connectivity index (χ3n) is 3.68. The van der Waals surface area contributed by atoms with Gasteiger partial charge in [0.1, 0.15) is 12.6 Å². The van der Waals surface area contributed by atoms with Crippen LogP contribution in [0.15, 0.2) is 0 Å². The van der Waals surface area contributed by atoms with Gasteiger partial charge in [-0.05, 0) is 37.0 Å². The Labute approximate surface area is 72.3 Å². The quantitative estimate of drug-likeness (QED) is 0.594. The highest BCUT2D eigenvalue weighted by molar-refractivity contribution is 5.59. The lowest BCUT2D eigenvalue weighted by Crippen LogP contribution is -2.23. The first-order valence-electron chi connectivity index (χ1n) is 4.75. The molecule has 4 unspecified atom stereocenters. The van der Waals surface area contributed by atoms with E-state index in [0.29, 0.717) is 24.2 Å². The van der Waals surface area contributed by atoms with E-state index in [0.717, 1.165) is 12.6 Å². The fraction of sp³-hybridized carbons (Fsp3) is 0.800. The molecule has 0 saturated heterocycles. The Morgan fingerprint density at radius 1 is 1.17 bits per heavy atom. The van der Waals surface area contributed by atoms with Crippen LogP contribution in [0.3, 0.4) is 0 Å². The molecule has 66 valence electrons. The van der Waals surface area contributed by atoms with Crippen molar-refractivity contribution in [3.63, 3.8) is 0 Å². The van der Waals surface area contributed by atoms with Gasteiger partial charge in [0.25, 0.3) is 0 Å². The normalized spacial score (nSPS) is 44.7. The molecule has 2 fully saturated rings. The van der Waals surface area contributed by atoms with E-state index >= 15 is 0 Å². The van der Waals surface area contributed by atoms with Crippen molar-refractivity contribution >= 4 is 12.6 Å². The molecule has 0 amide bonds. The summed E-state index contributed by atoms with van der Waals surface area (Å²) in [4.78, 5) is 21.1. The first-order chi connectivity index (χ1) is 5.86. The lowest BCUT2D eigenvalue weighted by Gasteiger charge is -2.25. The molecule has 0 heterocycles. The number of hydrogen-bond acceptors (Lipinski definition) is 2. The van der Waals surface area contributed by atoms with Gasteiger partial charge in [0, 0.05) is 12.3 Å². The molecule has 2 aliphatic rings. The zero-order chi connectivity index (χ0) is 8.55. The summed E-state index contributed by atoms with van der Waals surface area (Å²) in [5.41, 5.74) is 0. The maximum Gasteiger partial charge on any atom is 0.123 e. The van der Waals surface area contributed by atoms with Crippen LogP contribution in [0.5, 0.6) is 0 Å². The Morgan fingerprint density at radius 3 is 2.58 bits per heavy atom. The van der Waals surface area contributed by atoms with E-state index in [9.17, 15) is 9.59 Å². The molecule has 0 aliphatic heterocycles. The minimum absolute atomic E-state index is 0.203. The molecule has 0 aromatic carbocycles. The van der Waals surface area contributed by atoms with E-state index in [1.807, 2.05) is 0 Å². The van der Waals surface area contributed by atoms with Gasteiger partial charge in [-0.3, -0.25) is 0 Å². The summed E-state index contributed by atoms with van der Waals surface area (Å²) in [6.07, 6.45) is 6.31. The van der Waals surface area contributed by atoms with Gasteiger partial charge in [0.05, 0.1) is 0 Å². The van der Waals surface area contributed by atoms with Gasteiger partial charge in [-0.2, -0.15) is 0 Å². The molecule has 0 spiro atoms. The second-order valence-electron chi connectivity index (χ2n) is 4.11. The molecular weight excluding hydrogens is 152 g/mol. The summed E-state index contributed by atoms with van der Waals surface area (Å²) in [6.45, 7) is 0. The average Bonchev–Trinajstić information content (AvgIpc) is 2.64. The Hall–Kier alpha value is -0.660. The number of carbonyl (C=O) groups is 2.